The van der Waals surface area contributed by atoms with E-state index in [0.29, 0.717) is 25.4 Å². The van der Waals surface area contributed by atoms with Crippen LogP contribution in [-0.2, 0) is 20.8 Å². The fraction of sp³-hybridized carbons (Fsp3) is 0.292. The standard InChI is InChI=1S/C24H26N4O4/c1-32-19-8-6-18(7-9-19)28-15-17(13-23(28)30)24(31)26-11-10-25-22(29)12-16-14-27-21-5-3-2-4-20(16)21/h2-9,14,17,27H,10-13,15H2,1H3,(H,25,29)(H,26,31)/t17-/m1/s1. The molecule has 1 saturated heterocycles. The number of carbonyl (C=O) groups excluding carboxylic acids is 3. The zero-order valence-corrected chi connectivity index (χ0v) is 17.9. The van der Waals surface area contributed by atoms with Gasteiger partial charge in [-0.1, -0.05) is 18.2 Å². The molecule has 1 atom stereocenters. The van der Waals surface area contributed by atoms with Crippen LogP contribution in [0.1, 0.15) is 12.0 Å². The predicted molar refractivity (Wildman–Crippen MR) is 121 cm³/mol. The molecule has 2 heterocycles. The van der Waals surface area contributed by atoms with Gasteiger partial charge in [0, 0.05) is 48.8 Å². The highest BCUT2D eigenvalue weighted by Gasteiger charge is 2.34. The van der Waals surface area contributed by atoms with Gasteiger partial charge < -0.3 is 25.3 Å². The summed E-state index contributed by atoms with van der Waals surface area (Å²) in [6.45, 7) is 0.978. The summed E-state index contributed by atoms with van der Waals surface area (Å²) in [5, 5.41) is 6.68. The normalized spacial score (nSPS) is 15.7. The van der Waals surface area contributed by atoms with E-state index in [1.807, 2.05) is 30.5 Å². The molecule has 2 aromatic carbocycles. The predicted octanol–water partition coefficient (Wildman–Crippen LogP) is 2.00. The molecule has 1 aliphatic rings. The Morgan fingerprint density at radius 2 is 1.84 bits per heavy atom. The van der Waals surface area contributed by atoms with Crippen molar-refractivity contribution in [1.82, 2.24) is 15.6 Å². The summed E-state index contributed by atoms with van der Waals surface area (Å²) in [5.41, 5.74) is 2.68. The number of fused-ring (bicyclic) bond motifs is 1. The second kappa shape index (κ2) is 9.55. The minimum absolute atomic E-state index is 0.0812. The van der Waals surface area contributed by atoms with Crippen molar-refractivity contribution in [2.45, 2.75) is 12.8 Å². The number of ether oxygens (including phenoxy) is 1. The Morgan fingerprint density at radius 1 is 1.09 bits per heavy atom. The van der Waals surface area contributed by atoms with Gasteiger partial charge in [0.15, 0.2) is 0 Å². The van der Waals surface area contributed by atoms with Crippen LogP contribution < -0.4 is 20.3 Å². The van der Waals surface area contributed by atoms with Crippen LogP contribution in [0.4, 0.5) is 5.69 Å². The number of carbonyl (C=O) groups is 3. The van der Waals surface area contributed by atoms with Crippen molar-refractivity contribution in [3.05, 3.63) is 60.3 Å². The monoisotopic (exact) mass is 434 g/mol. The number of aromatic amines is 1. The molecule has 166 valence electrons. The van der Waals surface area contributed by atoms with Crippen molar-refractivity contribution < 1.29 is 19.1 Å². The van der Waals surface area contributed by atoms with Gasteiger partial charge in [-0.15, -0.1) is 0 Å². The molecule has 8 nitrogen and oxygen atoms in total. The molecule has 3 aromatic rings. The van der Waals surface area contributed by atoms with Crippen molar-refractivity contribution in [3.8, 4) is 5.75 Å². The topological polar surface area (TPSA) is 104 Å². The summed E-state index contributed by atoms with van der Waals surface area (Å²) in [5.74, 6) is -0.0683. The summed E-state index contributed by atoms with van der Waals surface area (Å²) in [6, 6.07) is 15.0. The quantitative estimate of drug-likeness (QED) is 0.472. The lowest BCUT2D eigenvalue weighted by molar-refractivity contribution is -0.126. The van der Waals surface area contributed by atoms with E-state index in [1.54, 1.807) is 36.3 Å². The van der Waals surface area contributed by atoms with Crippen LogP contribution in [-0.4, -0.2) is 49.4 Å². The number of nitrogens with one attached hydrogen (secondary N) is 3. The van der Waals surface area contributed by atoms with Crippen molar-refractivity contribution in [3.63, 3.8) is 0 Å². The largest absolute Gasteiger partial charge is 0.497 e. The van der Waals surface area contributed by atoms with Crippen molar-refractivity contribution in [1.29, 1.82) is 0 Å². The summed E-state index contributed by atoms with van der Waals surface area (Å²) in [6.07, 6.45) is 2.29. The number of hydrogen-bond acceptors (Lipinski definition) is 4. The zero-order valence-electron chi connectivity index (χ0n) is 17.9. The van der Waals surface area contributed by atoms with E-state index in [0.717, 1.165) is 22.2 Å². The zero-order chi connectivity index (χ0) is 22.5. The molecule has 0 spiro atoms. The first kappa shape index (κ1) is 21.4. The Labute approximate surface area is 185 Å². The molecule has 0 bridgehead atoms. The number of anilines is 1. The average molecular weight is 434 g/mol. The number of methoxy groups -OCH3 is 1. The number of nitrogens with zero attached hydrogens (tertiary/aromatic N) is 1. The molecule has 0 saturated carbocycles. The molecule has 3 N–H and O–H groups in total. The highest BCUT2D eigenvalue weighted by Crippen LogP contribution is 2.26. The smallest absolute Gasteiger partial charge is 0.227 e. The SMILES string of the molecule is COc1ccc(N2C[C@H](C(=O)NCCNC(=O)Cc3c[nH]c4ccccc34)CC2=O)cc1. The molecular formula is C24H26N4O4. The molecule has 8 heteroatoms. The Bertz CT molecular complexity index is 1120. The number of aromatic nitrogens is 1. The summed E-state index contributed by atoms with van der Waals surface area (Å²) >= 11 is 0. The molecular weight excluding hydrogens is 408 g/mol. The molecule has 0 radical (unpaired) electrons. The van der Waals surface area contributed by atoms with Gasteiger partial charge in [0.25, 0.3) is 0 Å². The minimum Gasteiger partial charge on any atom is -0.497 e. The summed E-state index contributed by atoms with van der Waals surface area (Å²) in [4.78, 5) is 41.9. The third kappa shape index (κ3) is 4.74. The molecule has 4 rings (SSSR count). The minimum atomic E-state index is -0.411. The van der Waals surface area contributed by atoms with Crippen LogP contribution in [0.2, 0.25) is 0 Å². The third-order valence-electron chi connectivity index (χ3n) is 5.65. The highest BCUT2D eigenvalue weighted by molar-refractivity contribution is 6.00. The Hall–Kier alpha value is -3.81. The molecule has 1 aromatic heterocycles. The number of amides is 3. The number of H-pyrrole nitrogens is 1. The van der Waals surface area contributed by atoms with E-state index in [-0.39, 0.29) is 30.6 Å². The Morgan fingerprint density at radius 3 is 2.62 bits per heavy atom. The lowest BCUT2D eigenvalue weighted by atomic mass is 10.1. The second-order valence-corrected chi connectivity index (χ2v) is 7.78. The van der Waals surface area contributed by atoms with Gasteiger partial charge in [-0.25, -0.2) is 0 Å². The molecule has 1 fully saturated rings. The van der Waals surface area contributed by atoms with Crippen LogP contribution in [0.5, 0.6) is 5.75 Å². The maximum atomic E-state index is 12.5. The fourth-order valence-corrected chi connectivity index (χ4v) is 3.94. The fourth-order valence-electron chi connectivity index (χ4n) is 3.94. The van der Waals surface area contributed by atoms with E-state index in [9.17, 15) is 14.4 Å². The first-order valence-electron chi connectivity index (χ1n) is 10.6. The van der Waals surface area contributed by atoms with Crippen LogP contribution in [0, 0.1) is 5.92 Å². The van der Waals surface area contributed by atoms with E-state index < -0.39 is 5.92 Å². The number of para-hydroxylation sites is 1. The Balaban J connectivity index is 1.21. The van der Waals surface area contributed by atoms with Crippen LogP contribution in [0.15, 0.2) is 54.7 Å². The van der Waals surface area contributed by atoms with Gasteiger partial charge in [-0.2, -0.15) is 0 Å². The number of benzene rings is 2. The second-order valence-electron chi connectivity index (χ2n) is 7.78. The third-order valence-corrected chi connectivity index (χ3v) is 5.65. The first-order chi connectivity index (χ1) is 15.5. The van der Waals surface area contributed by atoms with Gasteiger partial charge in [0.05, 0.1) is 19.4 Å². The first-order valence-corrected chi connectivity index (χ1v) is 10.6. The highest BCUT2D eigenvalue weighted by atomic mass is 16.5. The van der Waals surface area contributed by atoms with Gasteiger partial charge in [-0.3, -0.25) is 14.4 Å². The van der Waals surface area contributed by atoms with E-state index in [1.165, 1.54) is 0 Å². The van der Waals surface area contributed by atoms with E-state index >= 15 is 0 Å². The van der Waals surface area contributed by atoms with Gasteiger partial charge in [-0.05, 0) is 35.9 Å². The molecule has 3 amide bonds. The van der Waals surface area contributed by atoms with Gasteiger partial charge in [0.2, 0.25) is 17.7 Å². The molecule has 1 aliphatic heterocycles. The molecule has 0 unspecified atom stereocenters. The van der Waals surface area contributed by atoms with E-state index in [4.69, 9.17) is 4.74 Å². The van der Waals surface area contributed by atoms with Gasteiger partial charge >= 0.3 is 0 Å². The lowest BCUT2D eigenvalue weighted by Crippen LogP contribution is -2.38. The summed E-state index contributed by atoms with van der Waals surface area (Å²) < 4.78 is 5.14. The van der Waals surface area contributed by atoms with E-state index in [2.05, 4.69) is 15.6 Å². The maximum absolute atomic E-state index is 12.5. The maximum Gasteiger partial charge on any atom is 0.227 e. The van der Waals surface area contributed by atoms with Crippen molar-refractivity contribution >= 4 is 34.3 Å². The van der Waals surface area contributed by atoms with Crippen molar-refractivity contribution in [2.75, 3.05) is 31.6 Å². The van der Waals surface area contributed by atoms with Crippen LogP contribution in [0.3, 0.4) is 0 Å². The average Bonchev–Trinajstić information content (AvgIpc) is 3.40. The molecule has 32 heavy (non-hydrogen) atoms. The van der Waals surface area contributed by atoms with Crippen LogP contribution >= 0.6 is 0 Å². The number of rotatable bonds is 8. The molecule has 0 aliphatic carbocycles. The van der Waals surface area contributed by atoms with Crippen LogP contribution in [0.25, 0.3) is 10.9 Å². The lowest BCUT2D eigenvalue weighted by Gasteiger charge is -2.17. The summed E-state index contributed by atoms with van der Waals surface area (Å²) in [7, 11) is 1.58. The van der Waals surface area contributed by atoms with Crippen molar-refractivity contribution in [2.24, 2.45) is 5.92 Å². The van der Waals surface area contributed by atoms with Gasteiger partial charge in [0.1, 0.15) is 5.75 Å². The number of hydrogen-bond donors (Lipinski definition) is 3. The Kier molecular flexibility index (Phi) is 6.39.